The van der Waals surface area contributed by atoms with Crippen LogP contribution in [0.3, 0.4) is 0 Å². The number of hydrogen-bond donors (Lipinski definition) is 1. The van der Waals surface area contributed by atoms with Crippen molar-refractivity contribution in [1.82, 2.24) is 0 Å². The molecule has 0 aliphatic heterocycles. The molecule has 1 nitrogen and oxygen atoms in total. The topological polar surface area (TPSA) is 26.0 Å². The Morgan fingerprint density at radius 1 is 0.500 bits per heavy atom. The zero-order chi connectivity index (χ0) is 23.1. The molecule has 0 spiro atoms. The summed E-state index contributed by atoms with van der Waals surface area (Å²) >= 11 is 0. The molecular weight excluding hydrogens is 410 g/mol. The second kappa shape index (κ2) is 7.90. The maximum absolute atomic E-state index is 5.99. The molecule has 5 aromatic carbocycles. The molecule has 0 radical (unpaired) electrons. The third kappa shape index (κ3) is 2.94. The lowest BCUT2D eigenvalue weighted by Gasteiger charge is -2.34. The average molecular weight is 436 g/mol. The van der Waals surface area contributed by atoms with Crippen LogP contribution in [0, 0.1) is 0 Å². The van der Waals surface area contributed by atoms with Crippen LogP contribution in [0.2, 0.25) is 0 Å². The molecule has 162 valence electrons. The Bertz CT molecular complexity index is 1450. The van der Waals surface area contributed by atoms with Gasteiger partial charge in [-0.05, 0) is 50.1 Å². The van der Waals surface area contributed by atoms with E-state index in [2.05, 4.69) is 134 Å². The maximum atomic E-state index is 5.99. The van der Waals surface area contributed by atoms with Crippen LogP contribution >= 0.6 is 0 Å². The zero-order valence-electron chi connectivity index (χ0n) is 18.9. The van der Waals surface area contributed by atoms with Gasteiger partial charge in [-0.3, -0.25) is 0 Å². The first kappa shape index (κ1) is 20.3. The first-order chi connectivity index (χ1) is 16.7. The number of benzene rings is 5. The van der Waals surface area contributed by atoms with Gasteiger partial charge in [-0.2, -0.15) is 0 Å². The van der Waals surface area contributed by atoms with Crippen LogP contribution in [0.5, 0.6) is 0 Å². The molecule has 5 aromatic rings. The van der Waals surface area contributed by atoms with Crippen molar-refractivity contribution >= 4 is 5.70 Å². The van der Waals surface area contributed by atoms with Gasteiger partial charge in [0.15, 0.2) is 0 Å². The lowest BCUT2D eigenvalue weighted by atomic mass is 9.67. The van der Waals surface area contributed by atoms with Crippen LogP contribution in [0.1, 0.15) is 27.8 Å². The minimum absolute atomic E-state index is 0.406. The predicted octanol–water partition coefficient (Wildman–Crippen LogP) is 7.65. The zero-order valence-corrected chi connectivity index (χ0v) is 18.9. The standard InChI is InChI=1S/C33H25N/c1-23(34)24-15-19-27(20-16-24)33(28-21-17-26(18-22-28)25-9-3-2-4-10-25)31-13-7-5-11-29(31)30-12-6-8-14-32(30)33/h2-22H,1,34H2. The molecule has 6 rings (SSSR count). The van der Waals surface area contributed by atoms with E-state index in [1.54, 1.807) is 0 Å². The first-order valence-electron chi connectivity index (χ1n) is 11.6. The lowest BCUT2D eigenvalue weighted by molar-refractivity contribution is 0.768. The van der Waals surface area contributed by atoms with Crippen LogP contribution < -0.4 is 5.73 Å². The number of fused-ring (bicyclic) bond motifs is 3. The summed E-state index contributed by atoms with van der Waals surface area (Å²) in [5.41, 5.74) is 17.2. The van der Waals surface area contributed by atoms with Crippen LogP contribution in [0.25, 0.3) is 28.0 Å². The first-order valence-corrected chi connectivity index (χ1v) is 11.6. The molecule has 0 bridgehead atoms. The van der Waals surface area contributed by atoms with Gasteiger partial charge in [0.2, 0.25) is 0 Å². The second-order valence-electron chi connectivity index (χ2n) is 8.89. The molecule has 34 heavy (non-hydrogen) atoms. The largest absolute Gasteiger partial charge is 0.399 e. The van der Waals surface area contributed by atoms with E-state index < -0.39 is 5.41 Å². The van der Waals surface area contributed by atoms with Gasteiger partial charge in [0.25, 0.3) is 0 Å². The maximum Gasteiger partial charge on any atom is 0.0713 e. The summed E-state index contributed by atoms with van der Waals surface area (Å²) in [5, 5.41) is 0. The number of hydrogen-bond acceptors (Lipinski definition) is 1. The van der Waals surface area contributed by atoms with E-state index in [0.717, 1.165) is 5.56 Å². The molecule has 0 amide bonds. The second-order valence-corrected chi connectivity index (χ2v) is 8.89. The third-order valence-corrected chi connectivity index (χ3v) is 7.07. The molecular formula is C33H25N. The summed E-state index contributed by atoms with van der Waals surface area (Å²) in [4.78, 5) is 0. The Labute approximate surface area is 200 Å². The molecule has 0 unspecified atom stereocenters. The van der Waals surface area contributed by atoms with Gasteiger partial charge in [-0.25, -0.2) is 0 Å². The Morgan fingerprint density at radius 3 is 1.47 bits per heavy atom. The Hall–Kier alpha value is -4.36. The fourth-order valence-electron chi connectivity index (χ4n) is 5.50. The summed E-state index contributed by atoms with van der Waals surface area (Å²) in [5.74, 6) is 0. The highest BCUT2D eigenvalue weighted by molar-refractivity contribution is 5.86. The number of rotatable bonds is 4. The summed E-state index contributed by atoms with van der Waals surface area (Å²) in [7, 11) is 0. The minimum Gasteiger partial charge on any atom is -0.399 e. The van der Waals surface area contributed by atoms with Crippen LogP contribution in [0.15, 0.2) is 134 Å². The van der Waals surface area contributed by atoms with Gasteiger partial charge < -0.3 is 5.73 Å². The molecule has 0 fully saturated rings. The van der Waals surface area contributed by atoms with E-state index in [4.69, 9.17) is 5.73 Å². The molecule has 0 heterocycles. The SMILES string of the molecule is C=C(N)c1ccc(C2(c3ccc(-c4ccccc4)cc3)c3ccccc3-c3ccccc32)cc1. The molecule has 0 aromatic heterocycles. The summed E-state index contributed by atoms with van der Waals surface area (Å²) in [6, 6.07) is 45.8. The highest BCUT2D eigenvalue weighted by atomic mass is 14.6. The smallest absolute Gasteiger partial charge is 0.0713 e. The van der Waals surface area contributed by atoms with Crippen molar-refractivity contribution in [2.24, 2.45) is 5.73 Å². The quantitative estimate of drug-likeness (QED) is 0.302. The van der Waals surface area contributed by atoms with Crippen molar-refractivity contribution in [3.63, 3.8) is 0 Å². The lowest BCUT2D eigenvalue weighted by Crippen LogP contribution is -2.28. The van der Waals surface area contributed by atoms with E-state index in [1.165, 1.54) is 44.5 Å². The minimum atomic E-state index is -0.406. The van der Waals surface area contributed by atoms with E-state index in [1.807, 2.05) is 0 Å². The Balaban J connectivity index is 1.63. The summed E-state index contributed by atoms with van der Waals surface area (Å²) in [6.07, 6.45) is 0. The molecule has 1 heteroatoms. The van der Waals surface area contributed by atoms with Crippen LogP contribution in [0.4, 0.5) is 0 Å². The van der Waals surface area contributed by atoms with Gasteiger partial charge in [0.05, 0.1) is 5.41 Å². The van der Waals surface area contributed by atoms with Crippen molar-refractivity contribution in [2.75, 3.05) is 0 Å². The number of nitrogens with two attached hydrogens (primary N) is 1. The van der Waals surface area contributed by atoms with E-state index in [0.29, 0.717) is 5.70 Å². The van der Waals surface area contributed by atoms with Gasteiger partial charge in [0, 0.05) is 5.70 Å². The van der Waals surface area contributed by atoms with Crippen LogP contribution in [-0.2, 0) is 5.41 Å². The molecule has 1 aliphatic carbocycles. The normalized spacial score (nSPS) is 13.2. The Kier molecular flexibility index (Phi) is 4.71. The summed E-state index contributed by atoms with van der Waals surface area (Å²) < 4.78 is 0. The van der Waals surface area contributed by atoms with Gasteiger partial charge in [-0.15, -0.1) is 0 Å². The molecule has 0 atom stereocenters. The molecule has 0 saturated carbocycles. The fraction of sp³-hybridized carbons (Fsp3) is 0.0303. The molecule has 1 aliphatic rings. The van der Waals surface area contributed by atoms with Gasteiger partial charge >= 0.3 is 0 Å². The van der Waals surface area contributed by atoms with Gasteiger partial charge in [-0.1, -0.05) is 134 Å². The third-order valence-electron chi connectivity index (χ3n) is 7.07. The van der Waals surface area contributed by atoms with Crippen molar-refractivity contribution in [1.29, 1.82) is 0 Å². The fourth-order valence-corrected chi connectivity index (χ4v) is 5.50. The van der Waals surface area contributed by atoms with E-state index >= 15 is 0 Å². The summed E-state index contributed by atoms with van der Waals surface area (Å²) in [6.45, 7) is 3.92. The Morgan fingerprint density at radius 2 is 0.941 bits per heavy atom. The highest BCUT2D eigenvalue weighted by Crippen LogP contribution is 2.56. The molecule has 0 saturated heterocycles. The van der Waals surface area contributed by atoms with E-state index in [-0.39, 0.29) is 0 Å². The van der Waals surface area contributed by atoms with Gasteiger partial charge in [0.1, 0.15) is 0 Å². The highest BCUT2D eigenvalue weighted by Gasteiger charge is 2.45. The van der Waals surface area contributed by atoms with Crippen LogP contribution in [-0.4, -0.2) is 0 Å². The van der Waals surface area contributed by atoms with Crippen molar-refractivity contribution < 1.29 is 0 Å². The van der Waals surface area contributed by atoms with E-state index in [9.17, 15) is 0 Å². The average Bonchev–Trinajstić information content (AvgIpc) is 3.21. The predicted molar refractivity (Wildman–Crippen MR) is 142 cm³/mol. The van der Waals surface area contributed by atoms with Crippen molar-refractivity contribution in [2.45, 2.75) is 5.41 Å². The van der Waals surface area contributed by atoms with Crippen molar-refractivity contribution in [3.05, 3.63) is 162 Å². The van der Waals surface area contributed by atoms with Crippen molar-refractivity contribution in [3.8, 4) is 22.3 Å². The molecule has 2 N–H and O–H groups in total. The monoisotopic (exact) mass is 435 g/mol.